The van der Waals surface area contributed by atoms with Crippen LogP contribution in [0.4, 0.5) is 9.41 Å². The molecule has 0 fully saturated rings. The zero-order valence-corrected chi connectivity index (χ0v) is 22.9. The van der Waals surface area contributed by atoms with E-state index in [0.717, 1.165) is 25.9 Å². The molecular weight excluding hydrogens is 438 g/mol. The number of aliphatic hydroxyl groups is 3. The van der Waals surface area contributed by atoms with Crippen LogP contribution in [-0.2, 0) is 0 Å². The van der Waals surface area contributed by atoms with E-state index in [2.05, 4.69) is 11.8 Å². The summed E-state index contributed by atoms with van der Waals surface area (Å²) in [7, 11) is 0. The molecule has 0 saturated carbocycles. The summed E-state index contributed by atoms with van der Waals surface area (Å²) in [6.45, 7) is 9.78. The third-order valence-electron chi connectivity index (χ3n) is 6.65. The van der Waals surface area contributed by atoms with Crippen molar-refractivity contribution in [3.8, 4) is 0 Å². The summed E-state index contributed by atoms with van der Waals surface area (Å²) in [6, 6.07) is 0. The van der Waals surface area contributed by atoms with Crippen molar-refractivity contribution in [2.24, 2.45) is 0 Å². The molecule has 7 heteroatoms. The van der Waals surface area contributed by atoms with Crippen LogP contribution in [0, 0.1) is 0 Å². The highest BCUT2D eigenvalue weighted by Crippen LogP contribution is 2.14. The maximum atomic E-state index is 10.0. The van der Waals surface area contributed by atoms with Gasteiger partial charge in [-0.3, -0.25) is 19.2 Å². The SMILES string of the molecule is CCCCCCCCCCCCCCCCCCN(CCCN(C(C)O)C(C)O)C(C)O.F.F. The minimum Gasteiger partial charge on any atom is -0.379 e. The average Bonchev–Trinajstić information content (AvgIpc) is 2.74. The maximum absolute atomic E-state index is 10.0. The first-order valence-electron chi connectivity index (χ1n) is 13.9. The van der Waals surface area contributed by atoms with Crippen LogP contribution in [0.3, 0.4) is 0 Å². The van der Waals surface area contributed by atoms with Crippen molar-refractivity contribution in [1.82, 2.24) is 9.80 Å². The molecule has 3 N–H and O–H groups in total. The Kier molecular flexibility index (Phi) is 30.6. The Labute approximate surface area is 210 Å². The Bertz CT molecular complexity index is 381. The molecule has 0 rings (SSSR count). The molecule has 0 aliphatic heterocycles. The highest BCUT2D eigenvalue weighted by Gasteiger charge is 2.17. The van der Waals surface area contributed by atoms with Crippen LogP contribution in [0.15, 0.2) is 0 Å². The largest absolute Gasteiger partial charge is 0.379 e. The fourth-order valence-corrected chi connectivity index (χ4v) is 4.49. The molecule has 0 saturated heterocycles. The zero-order chi connectivity index (χ0) is 24.0. The molecule has 0 spiro atoms. The van der Waals surface area contributed by atoms with Crippen LogP contribution in [0.25, 0.3) is 0 Å². The molecule has 5 nitrogen and oxygen atoms in total. The van der Waals surface area contributed by atoms with Crippen LogP contribution in [0.2, 0.25) is 0 Å². The third-order valence-corrected chi connectivity index (χ3v) is 6.65. The Morgan fingerprint density at radius 3 is 1.09 bits per heavy atom. The fraction of sp³-hybridized carbons (Fsp3) is 1.00. The molecule has 3 unspecified atom stereocenters. The van der Waals surface area contributed by atoms with E-state index in [0.29, 0.717) is 6.54 Å². The summed E-state index contributed by atoms with van der Waals surface area (Å²) in [6.07, 6.45) is 21.0. The van der Waals surface area contributed by atoms with Gasteiger partial charge in [0.25, 0.3) is 0 Å². The molecule has 0 aromatic heterocycles. The van der Waals surface area contributed by atoms with Gasteiger partial charge in [-0.05, 0) is 33.6 Å². The van der Waals surface area contributed by atoms with Gasteiger partial charge in [-0.15, -0.1) is 0 Å². The van der Waals surface area contributed by atoms with Crippen LogP contribution in [0.5, 0.6) is 0 Å². The molecular formula is C27H60F2N2O3. The summed E-state index contributed by atoms with van der Waals surface area (Å²) >= 11 is 0. The summed E-state index contributed by atoms with van der Waals surface area (Å²) < 4.78 is 0. The molecule has 0 bridgehead atoms. The van der Waals surface area contributed by atoms with Crippen molar-refractivity contribution in [3.63, 3.8) is 0 Å². The van der Waals surface area contributed by atoms with Crippen molar-refractivity contribution in [3.05, 3.63) is 0 Å². The van der Waals surface area contributed by atoms with Crippen molar-refractivity contribution in [1.29, 1.82) is 0 Å². The van der Waals surface area contributed by atoms with E-state index in [-0.39, 0.29) is 9.41 Å². The molecule has 0 aromatic rings. The molecule has 0 amide bonds. The minimum atomic E-state index is -0.657. The lowest BCUT2D eigenvalue weighted by molar-refractivity contribution is -0.0865. The smallest absolute Gasteiger partial charge is 0.106 e. The Morgan fingerprint density at radius 1 is 0.441 bits per heavy atom. The van der Waals surface area contributed by atoms with Gasteiger partial charge in [0.05, 0.1) is 0 Å². The third kappa shape index (κ3) is 23.4. The standard InChI is InChI=1S/C27H58N2O3.2FH/c1-5-6-7-8-9-10-11-12-13-14-15-16-17-18-19-20-22-28(25(2)30)23-21-24-29(26(3)31)27(4)32;;/h25-27,30-32H,5-24H2,1-4H3;2*1H. The van der Waals surface area contributed by atoms with Crippen LogP contribution >= 0.6 is 0 Å². The van der Waals surface area contributed by atoms with Gasteiger partial charge in [0.15, 0.2) is 0 Å². The molecule has 0 aliphatic carbocycles. The van der Waals surface area contributed by atoms with E-state index in [1.165, 1.54) is 96.3 Å². The van der Waals surface area contributed by atoms with Crippen LogP contribution < -0.4 is 0 Å². The van der Waals surface area contributed by atoms with Crippen molar-refractivity contribution in [2.45, 2.75) is 156 Å². The van der Waals surface area contributed by atoms with Gasteiger partial charge >= 0.3 is 0 Å². The van der Waals surface area contributed by atoms with Gasteiger partial charge in [-0.2, -0.15) is 0 Å². The number of aliphatic hydroxyl groups excluding tert-OH is 3. The van der Waals surface area contributed by atoms with E-state index < -0.39 is 18.7 Å². The number of unbranched alkanes of at least 4 members (excludes halogenated alkanes) is 15. The zero-order valence-electron chi connectivity index (χ0n) is 22.9. The highest BCUT2D eigenvalue weighted by molar-refractivity contribution is 4.64. The van der Waals surface area contributed by atoms with Crippen LogP contribution in [-0.4, -0.2) is 63.4 Å². The van der Waals surface area contributed by atoms with E-state index >= 15 is 0 Å². The predicted octanol–water partition coefficient (Wildman–Crippen LogP) is 6.56. The molecule has 0 aliphatic rings. The Hall–Kier alpha value is -0.340. The summed E-state index contributed by atoms with van der Waals surface area (Å²) in [5, 5.41) is 29.5. The second-order valence-corrected chi connectivity index (χ2v) is 9.83. The predicted molar refractivity (Wildman–Crippen MR) is 142 cm³/mol. The Morgan fingerprint density at radius 2 is 0.765 bits per heavy atom. The number of rotatable bonds is 24. The van der Waals surface area contributed by atoms with E-state index in [9.17, 15) is 15.3 Å². The monoisotopic (exact) mass is 498 g/mol. The lowest BCUT2D eigenvalue weighted by atomic mass is 10.0. The second kappa shape index (κ2) is 27.3. The van der Waals surface area contributed by atoms with E-state index in [4.69, 9.17) is 0 Å². The van der Waals surface area contributed by atoms with Gasteiger partial charge in [-0.25, -0.2) is 0 Å². The van der Waals surface area contributed by atoms with Crippen molar-refractivity contribution < 1.29 is 24.7 Å². The van der Waals surface area contributed by atoms with E-state index in [1.807, 2.05) is 6.92 Å². The summed E-state index contributed by atoms with van der Waals surface area (Å²) in [5.41, 5.74) is 0. The first-order valence-corrected chi connectivity index (χ1v) is 13.9. The summed E-state index contributed by atoms with van der Waals surface area (Å²) in [5.74, 6) is 0. The van der Waals surface area contributed by atoms with E-state index in [1.54, 1.807) is 18.7 Å². The van der Waals surface area contributed by atoms with Crippen molar-refractivity contribution >= 4 is 0 Å². The highest BCUT2D eigenvalue weighted by atomic mass is 19.0. The first kappa shape index (κ1) is 38.2. The maximum Gasteiger partial charge on any atom is 0.106 e. The number of hydrogen-bond donors (Lipinski definition) is 3. The number of halogens is 2. The number of hydrogen-bond acceptors (Lipinski definition) is 5. The topological polar surface area (TPSA) is 67.2 Å². The van der Waals surface area contributed by atoms with Gasteiger partial charge in [0.2, 0.25) is 0 Å². The van der Waals surface area contributed by atoms with Crippen molar-refractivity contribution in [2.75, 3.05) is 19.6 Å². The average molecular weight is 499 g/mol. The number of nitrogens with zero attached hydrogens (tertiary/aromatic N) is 2. The van der Waals surface area contributed by atoms with Gasteiger partial charge in [0.1, 0.15) is 18.7 Å². The molecule has 210 valence electrons. The lowest BCUT2D eigenvalue weighted by Crippen LogP contribution is -2.42. The minimum absolute atomic E-state index is 0. The van der Waals surface area contributed by atoms with Gasteiger partial charge in [0, 0.05) is 19.6 Å². The van der Waals surface area contributed by atoms with Crippen LogP contribution in [0.1, 0.15) is 137 Å². The molecule has 0 radical (unpaired) electrons. The molecule has 34 heavy (non-hydrogen) atoms. The fourth-order valence-electron chi connectivity index (χ4n) is 4.49. The first-order chi connectivity index (χ1) is 15.4. The second-order valence-electron chi connectivity index (χ2n) is 9.83. The normalized spacial score (nSPS) is 14.0. The quantitative estimate of drug-likeness (QED) is 0.104. The van der Waals surface area contributed by atoms with Gasteiger partial charge < -0.3 is 15.3 Å². The lowest BCUT2D eigenvalue weighted by Gasteiger charge is -2.30. The summed E-state index contributed by atoms with van der Waals surface area (Å²) in [4.78, 5) is 3.76. The molecule has 3 atom stereocenters. The van der Waals surface area contributed by atoms with Gasteiger partial charge in [-0.1, -0.05) is 103 Å². The molecule has 0 aromatic carbocycles. The molecule has 0 heterocycles. The Balaban J connectivity index is -0.00000480.